The zero-order valence-corrected chi connectivity index (χ0v) is 19.3. The van der Waals surface area contributed by atoms with Crippen LogP contribution in [0.1, 0.15) is 5.56 Å². The van der Waals surface area contributed by atoms with Gasteiger partial charge in [-0.1, -0.05) is 41.4 Å². The minimum absolute atomic E-state index is 0.0197. The monoisotopic (exact) mass is 489 g/mol. The molecule has 3 rings (SSSR count). The SMILES string of the molecule is COc1ccc([N+](=O)[O-])cc1NC(=O)CN(c1ccccc1Cl)S(=O)(=O)c1ccc(C)cc1. The summed E-state index contributed by atoms with van der Waals surface area (Å²) in [4.78, 5) is 23.4. The third-order valence-electron chi connectivity index (χ3n) is 4.69. The Balaban J connectivity index is 1.99. The maximum atomic E-state index is 13.4. The average molecular weight is 490 g/mol. The largest absolute Gasteiger partial charge is 0.495 e. The summed E-state index contributed by atoms with van der Waals surface area (Å²) in [6.45, 7) is 1.19. The third-order valence-corrected chi connectivity index (χ3v) is 6.78. The summed E-state index contributed by atoms with van der Waals surface area (Å²) in [6.07, 6.45) is 0. The minimum atomic E-state index is -4.17. The Labute approximate surface area is 195 Å². The Bertz CT molecular complexity index is 1300. The molecule has 0 unspecified atom stereocenters. The zero-order chi connectivity index (χ0) is 24.2. The van der Waals surface area contributed by atoms with E-state index in [1.165, 1.54) is 43.5 Å². The van der Waals surface area contributed by atoms with E-state index in [1.807, 2.05) is 6.92 Å². The van der Waals surface area contributed by atoms with Gasteiger partial charge in [0.15, 0.2) is 0 Å². The number of benzene rings is 3. The highest BCUT2D eigenvalue weighted by Gasteiger charge is 2.29. The number of para-hydroxylation sites is 1. The van der Waals surface area contributed by atoms with E-state index in [-0.39, 0.29) is 32.7 Å². The molecule has 0 atom stereocenters. The Kier molecular flexibility index (Phi) is 7.19. The van der Waals surface area contributed by atoms with Crippen molar-refractivity contribution in [2.45, 2.75) is 11.8 Å². The molecular formula is C22H20ClN3O6S. The molecule has 0 aromatic heterocycles. The number of nitrogens with zero attached hydrogens (tertiary/aromatic N) is 2. The third kappa shape index (κ3) is 5.41. The van der Waals surface area contributed by atoms with Crippen molar-refractivity contribution in [1.29, 1.82) is 0 Å². The van der Waals surface area contributed by atoms with Crippen LogP contribution in [0.15, 0.2) is 71.6 Å². The van der Waals surface area contributed by atoms with Crippen molar-refractivity contribution in [1.82, 2.24) is 0 Å². The smallest absolute Gasteiger partial charge is 0.271 e. The van der Waals surface area contributed by atoms with E-state index in [0.29, 0.717) is 0 Å². The van der Waals surface area contributed by atoms with Gasteiger partial charge in [0.2, 0.25) is 5.91 Å². The lowest BCUT2D eigenvalue weighted by Crippen LogP contribution is -2.38. The molecule has 1 amide bonds. The number of nitro benzene ring substituents is 1. The molecule has 0 bridgehead atoms. The normalized spacial score (nSPS) is 11.0. The molecule has 3 aromatic carbocycles. The number of halogens is 1. The summed E-state index contributed by atoms with van der Waals surface area (Å²) >= 11 is 6.25. The number of ether oxygens (including phenoxy) is 1. The van der Waals surface area contributed by atoms with Crippen molar-refractivity contribution in [2.75, 3.05) is 23.3 Å². The van der Waals surface area contributed by atoms with Crippen molar-refractivity contribution >= 4 is 44.6 Å². The van der Waals surface area contributed by atoms with Crippen LogP contribution < -0.4 is 14.4 Å². The van der Waals surface area contributed by atoms with Crippen LogP contribution in [0, 0.1) is 17.0 Å². The Hall–Kier alpha value is -3.63. The quantitative estimate of drug-likeness (QED) is 0.370. The number of nitrogens with one attached hydrogen (secondary N) is 1. The predicted octanol–water partition coefficient (Wildman–Crippen LogP) is 4.40. The average Bonchev–Trinajstić information content (AvgIpc) is 2.78. The molecule has 9 nitrogen and oxygen atoms in total. The maximum absolute atomic E-state index is 13.4. The van der Waals surface area contributed by atoms with Crippen LogP contribution in [0.25, 0.3) is 0 Å². The molecule has 0 heterocycles. The van der Waals surface area contributed by atoms with E-state index in [2.05, 4.69) is 5.32 Å². The lowest BCUT2D eigenvalue weighted by molar-refractivity contribution is -0.384. The van der Waals surface area contributed by atoms with Crippen molar-refractivity contribution in [3.8, 4) is 5.75 Å². The second kappa shape index (κ2) is 9.88. The molecule has 11 heteroatoms. The summed E-state index contributed by atoms with van der Waals surface area (Å²) in [7, 11) is -2.83. The Morgan fingerprint density at radius 2 is 1.79 bits per heavy atom. The lowest BCUT2D eigenvalue weighted by atomic mass is 10.2. The van der Waals surface area contributed by atoms with Crippen LogP contribution in [-0.4, -0.2) is 32.9 Å². The van der Waals surface area contributed by atoms with Crippen LogP contribution in [-0.2, 0) is 14.8 Å². The van der Waals surface area contributed by atoms with Gasteiger partial charge in [0.05, 0.1) is 33.3 Å². The number of hydrogen-bond donors (Lipinski definition) is 1. The fraction of sp³-hybridized carbons (Fsp3) is 0.136. The summed E-state index contributed by atoms with van der Waals surface area (Å²) < 4.78 is 32.9. The van der Waals surface area contributed by atoms with Crippen LogP contribution in [0.3, 0.4) is 0 Å². The molecule has 0 aliphatic carbocycles. The van der Waals surface area contributed by atoms with Gasteiger partial charge in [0, 0.05) is 12.1 Å². The van der Waals surface area contributed by atoms with E-state index in [0.717, 1.165) is 15.9 Å². The molecule has 33 heavy (non-hydrogen) atoms. The lowest BCUT2D eigenvalue weighted by Gasteiger charge is -2.25. The van der Waals surface area contributed by atoms with Crippen LogP contribution in [0.5, 0.6) is 5.75 Å². The number of carbonyl (C=O) groups is 1. The zero-order valence-electron chi connectivity index (χ0n) is 17.7. The first-order chi connectivity index (χ1) is 15.6. The molecule has 0 fully saturated rings. The van der Waals surface area contributed by atoms with Gasteiger partial charge in [0.1, 0.15) is 12.3 Å². The van der Waals surface area contributed by atoms with Gasteiger partial charge in [-0.25, -0.2) is 8.42 Å². The highest BCUT2D eigenvalue weighted by Crippen LogP contribution is 2.32. The standard InChI is InChI=1S/C22H20ClN3O6S/c1-15-7-10-17(11-8-15)33(30,31)25(20-6-4-3-5-18(20)23)14-22(27)24-19-13-16(26(28)29)9-12-21(19)32-2/h3-13H,14H2,1-2H3,(H,24,27). The van der Waals surface area contributed by atoms with Crippen LogP contribution in [0.2, 0.25) is 5.02 Å². The van der Waals surface area contributed by atoms with E-state index in [4.69, 9.17) is 16.3 Å². The highest BCUT2D eigenvalue weighted by atomic mass is 35.5. The first-order valence-electron chi connectivity index (χ1n) is 9.59. The second-order valence-electron chi connectivity index (χ2n) is 6.97. The number of sulfonamides is 1. The van der Waals surface area contributed by atoms with Crippen LogP contribution in [0.4, 0.5) is 17.1 Å². The summed E-state index contributed by atoms with van der Waals surface area (Å²) in [6, 6.07) is 16.1. The number of nitro groups is 1. The Morgan fingerprint density at radius 3 is 2.39 bits per heavy atom. The van der Waals surface area contributed by atoms with Gasteiger partial charge in [-0.2, -0.15) is 0 Å². The molecule has 0 saturated heterocycles. The summed E-state index contributed by atoms with van der Waals surface area (Å²) in [5.41, 5.74) is 0.750. The second-order valence-corrected chi connectivity index (χ2v) is 9.24. The number of hydrogen-bond acceptors (Lipinski definition) is 6. The van der Waals surface area contributed by atoms with Gasteiger partial charge in [-0.3, -0.25) is 19.2 Å². The molecular weight excluding hydrogens is 470 g/mol. The highest BCUT2D eigenvalue weighted by molar-refractivity contribution is 7.92. The predicted molar refractivity (Wildman–Crippen MR) is 125 cm³/mol. The molecule has 1 N–H and O–H groups in total. The fourth-order valence-electron chi connectivity index (χ4n) is 3.02. The molecule has 0 aliphatic heterocycles. The number of methoxy groups -OCH3 is 1. The number of rotatable bonds is 8. The van der Waals surface area contributed by atoms with Crippen LogP contribution >= 0.6 is 11.6 Å². The molecule has 0 saturated carbocycles. The van der Waals surface area contributed by atoms with Gasteiger partial charge < -0.3 is 10.1 Å². The first-order valence-corrected chi connectivity index (χ1v) is 11.4. The van der Waals surface area contributed by atoms with Gasteiger partial charge in [-0.05, 0) is 37.3 Å². The summed E-state index contributed by atoms with van der Waals surface area (Å²) in [5.74, 6) is -0.566. The maximum Gasteiger partial charge on any atom is 0.271 e. The van der Waals surface area contributed by atoms with Gasteiger partial charge >= 0.3 is 0 Å². The number of anilines is 2. The van der Waals surface area contributed by atoms with Crippen molar-refractivity contribution in [3.05, 3.63) is 87.4 Å². The van der Waals surface area contributed by atoms with Crippen molar-refractivity contribution < 1.29 is 22.9 Å². The number of non-ortho nitro benzene ring substituents is 1. The number of carbonyl (C=O) groups excluding carboxylic acids is 1. The molecule has 0 aliphatic rings. The van der Waals surface area contributed by atoms with Gasteiger partial charge in [0.25, 0.3) is 15.7 Å². The number of aryl methyl sites for hydroxylation is 1. The minimum Gasteiger partial charge on any atom is -0.495 e. The van der Waals surface area contributed by atoms with E-state index >= 15 is 0 Å². The topological polar surface area (TPSA) is 119 Å². The van der Waals surface area contributed by atoms with Gasteiger partial charge in [-0.15, -0.1) is 0 Å². The number of amides is 1. The van der Waals surface area contributed by atoms with E-state index in [9.17, 15) is 23.3 Å². The van der Waals surface area contributed by atoms with E-state index in [1.54, 1.807) is 24.3 Å². The Morgan fingerprint density at radius 1 is 1.12 bits per heavy atom. The van der Waals surface area contributed by atoms with Crippen molar-refractivity contribution in [3.63, 3.8) is 0 Å². The molecule has 172 valence electrons. The molecule has 0 spiro atoms. The molecule has 3 aromatic rings. The first kappa shape index (κ1) is 24.0. The molecule has 0 radical (unpaired) electrons. The van der Waals surface area contributed by atoms with Crippen molar-refractivity contribution in [2.24, 2.45) is 0 Å². The summed E-state index contributed by atoms with van der Waals surface area (Å²) in [5, 5.41) is 13.7. The van der Waals surface area contributed by atoms with E-state index < -0.39 is 27.4 Å². The fourth-order valence-corrected chi connectivity index (χ4v) is 4.75.